The molecule has 3 rings (SSSR count). The number of hydrogen-bond acceptors (Lipinski definition) is 4. The maximum atomic E-state index is 12.1. The summed E-state index contributed by atoms with van der Waals surface area (Å²) in [5, 5.41) is 9.41. The smallest absolute Gasteiger partial charge is 0.231 e. The molecule has 1 atom stereocenters. The van der Waals surface area contributed by atoms with Crippen molar-refractivity contribution in [1.29, 1.82) is 0 Å². The third-order valence-electron chi connectivity index (χ3n) is 3.14. The van der Waals surface area contributed by atoms with Crippen molar-refractivity contribution in [3.05, 3.63) is 42.0 Å². The highest BCUT2D eigenvalue weighted by molar-refractivity contribution is 5.85. The highest BCUT2D eigenvalue weighted by Crippen LogP contribution is 2.33. The first kappa shape index (κ1) is 11.7. The lowest BCUT2D eigenvalue weighted by atomic mass is 10.0. The molecule has 19 heavy (non-hydrogen) atoms. The minimum Gasteiger partial charge on any atom is -0.492 e. The monoisotopic (exact) mass is 258 g/mol. The van der Waals surface area contributed by atoms with E-state index in [1.54, 1.807) is 0 Å². The molecular weight excluding hydrogens is 244 g/mol. The van der Waals surface area contributed by atoms with E-state index in [9.17, 15) is 4.79 Å². The number of nitrogens with zero attached hydrogens (tertiary/aromatic N) is 2. The molecule has 2 heterocycles. The standard InChI is InChI=1S/C13H14N4O2/c18-13(14-6-5-12-15-8-16-17-12)10-7-19-11-4-2-1-3-9(10)11/h1-4,8,10H,5-7H2,(H,14,18)(H,15,16,17). The molecule has 98 valence electrons. The van der Waals surface area contributed by atoms with Crippen LogP contribution in [0.2, 0.25) is 0 Å². The third kappa shape index (κ3) is 2.42. The minimum atomic E-state index is -0.217. The first-order valence-corrected chi connectivity index (χ1v) is 6.18. The Balaban J connectivity index is 1.57. The van der Waals surface area contributed by atoms with Gasteiger partial charge in [0.2, 0.25) is 5.91 Å². The van der Waals surface area contributed by atoms with Gasteiger partial charge in [-0.05, 0) is 6.07 Å². The van der Waals surface area contributed by atoms with Gasteiger partial charge in [0.25, 0.3) is 0 Å². The van der Waals surface area contributed by atoms with Gasteiger partial charge in [0.15, 0.2) is 0 Å². The highest BCUT2D eigenvalue weighted by Gasteiger charge is 2.29. The molecule has 0 aliphatic carbocycles. The van der Waals surface area contributed by atoms with Crippen LogP contribution < -0.4 is 10.1 Å². The van der Waals surface area contributed by atoms with Crippen LogP contribution in [0.5, 0.6) is 5.75 Å². The van der Waals surface area contributed by atoms with Crippen LogP contribution in [0.4, 0.5) is 0 Å². The topological polar surface area (TPSA) is 79.9 Å². The zero-order valence-corrected chi connectivity index (χ0v) is 10.3. The molecular formula is C13H14N4O2. The Morgan fingerprint density at radius 2 is 2.37 bits per heavy atom. The molecule has 1 aromatic heterocycles. The predicted octanol–water partition coefficient (Wildman–Crippen LogP) is 0.640. The van der Waals surface area contributed by atoms with E-state index in [1.807, 2.05) is 24.3 Å². The Kier molecular flexibility index (Phi) is 3.14. The molecule has 2 N–H and O–H groups in total. The summed E-state index contributed by atoms with van der Waals surface area (Å²) in [6.45, 7) is 0.945. The van der Waals surface area contributed by atoms with Crippen LogP contribution >= 0.6 is 0 Å². The normalized spacial score (nSPS) is 16.7. The number of aromatic amines is 1. The number of carbonyl (C=O) groups is 1. The molecule has 6 nitrogen and oxygen atoms in total. The van der Waals surface area contributed by atoms with Crippen LogP contribution in [0.15, 0.2) is 30.6 Å². The number of aromatic nitrogens is 3. The number of fused-ring (bicyclic) bond motifs is 1. The average molecular weight is 258 g/mol. The summed E-state index contributed by atoms with van der Waals surface area (Å²) in [6, 6.07) is 7.64. The predicted molar refractivity (Wildman–Crippen MR) is 67.8 cm³/mol. The number of rotatable bonds is 4. The molecule has 6 heteroatoms. The summed E-state index contributed by atoms with van der Waals surface area (Å²) in [5.41, 5.74) is 0.958. The van der Waals surface area contributed by atoms with Gasteiger partial charge in [-0.2, -0.15) is 5.10 Å². The molecule has 1 aromatic carbocycles. The van der Waals surface area contributed by atoms with Gasteiger partial charge in [-0.3, -0.25) is 9.89 Å². The molecule has 0 bridgehead atoms. The van der Waals surface area contributed by atoms with Crippen LogP contribution in [0.3, 0.4) is 0 Å². The maximum Gasteiger partial charge on any atom is 0.231 e. The number of hydrogen-bond donors (Lipinski definition) is 2. The number of amides is 1. The highest BCUT2D eigenvalue weighted by atomic mass is 16.5. The van der Waals surface area contributed by atoms with Crippen molar-refractivity contribution in [3.8, 4) is 5.75 Å². The first-order chi connectivity index (χ1) is 9.34. The Labute approximate surface area is 110 Å². The van der Waals surface area contributed by atoms with E-state index in [0.717, 1.165) is 17.1 Å². The van der Waals surface area contributed by atoms with Crippen molar-refractivity contribution in [2.75, 3.05) is 13.2 Å². The quantitative estimate of drug-likeness (QED) is 0.843. The fourth-order valence-electron chi connectivity index (χ4n) is 2.16. The summed E-state index contributed by atoms with van der Waals surface area (Å²) in [4.78, 5) is 16.1. The van der Waals surface area contributed by atoms with Gasteiger partial charge in [0.05, 0.1) is 0 Å². The van der Waals surface area contributed by atoms with E-state index in [4.69, 9.17) is 4.74 Å². The molecule has 0 fully saturated rings. The summed E-state index contributed by atoms with van der Waals surface area (Å²) < 4.78 is 5.50. The zero-order valence-electron chi connectivity index (χ0n) is 10.3. The molecule has 0 spiro atoms. The number of carbonyl (C=O) groups excluding carboxylic acids is 1. The Hall–Kier alpha value is -2.37. The first-order valence-electron chi connectivity index (χ1n) is 6.18. The molecule has 0 radical (unpaired) electrons. The second-order valence-corrected chi connectivity index (χ2v) is 4.37. The fraction of sp³-hybridized carbons (Fsp3) is 0.308. The van der Waals surface area contributed by atoms with Crippen LogP contribution in [0, 0.1) is 0 Å². The van der Waals surface area contributed by atoms with E-state index < -0.39 is 0 Å². The van der Waals surface area contributed by atoms with E-state index in [2.05, 4.69) is 20.5 Å². The number of para-hydroxylation sites is 1. The second kappa shape index (κ2) is 5.09. The molecule has 1 aliphatic rings. The summed E-state index contributed by atoms with van der Waals surface area (Å²) >= 11 is 0. The molecule has 1 aliphatic heterocycles. The largest absolute Gasteiger partial charge is 0.492 e. The van der Waals surface area contributed by atoms with Gasteiger partial charge in [0.1, 0.15) is 30.4 Å². The summed E-state index contributed by atoms with van der Waals surface area (Å²) in [6.07, 6.45) is 2.10. The number of ether oxygens (including phenoxy) is 1. The van der Waals surface area contributed by atoms with E-state index >= 15 is 0 Å². The van der Waals surface area contributed by atoms with Crippen molar-refractivity contribution in [3.63, 3.8) is 0 Å². The summed E-state index contributed by atoms with van der Waals surface area (Å²) in [7, 11) is 0. The van der Waals surface area contributed by atoms with Crippen molar-refractivity contribution in [2.24, 2.45) is 0 Å². The Morgan fingerprint density at radius 1 is 1.47 bits per heavy atom. The van der Waals surface area contributed by atoms with Crippen molar-refractivity contribution < 1.29 is 9.53 Å². The lowest BCUT2D eigenvalue weighted by molar-refractivity contribution is -0.122. The van der Waals surface area contributed by atoms with Gasteiger partial charge in [-0.1, -0.05) is 18.2 Å². The molecule has 0 saturated carbocycles. The average Bonchev–Trinajstić information content (AvgIpc) is 3.07. The molecule has 2 aromatic rings. The fourth-order valence-corrected chi connectivity index (χ4v) is 2.16. The van der Waals surface area contributed by atoms with Crippen LogP contribution in [-0.4, -0.2) is 34.2 Å². The molecule has 0 saturated heterocycles. The minimum absolute atomic E-state index is 0.00975. The van der Waals surface area contributed by atoms with Gasteiger partial charge in [-0.15, -0.1) is 0 Å². The summed E-state index contributed by atoms with van der Waals surface area (Å²) in [5.74, 6) is 1.34. The lowest BCUT2D eigenvalue weighted by Crippen LogP contribution is -2.31. The number of nitrogens with one attached hydrogen (secondary N) is 2. The van der Waals surface area contributed by atoms with Crippen molar-refractivity contribution in [2.45, 2.75) is 12.3 Å². The van der Waals surface area contributed by atoms with Gasteiger partial charge < -0.3 is 10.1 Å². The second-order valence-electron chi connectivity index (χ2n) is 4.37. The molecule has 1 amide bonds. The van der Waals surface area contributed by atoms with Gasteiger partial charge in [0, 0.05) is 18.5 Å². The Bertz CT molecular complexity index is 568. The maximum absolute atomic E-state index is 12.1. The lowest BCUT2D eigenvalue weighted by Gasteiger charge is -2.09. The van der Waals surface area contributed by atoms with Crippen LogP contribution in [-0.2, 0) is 11.2 Å². The van der Waals surface area contributed by atoms with Crippen molar-refractivity contribution in [1.82, 2.24) is 20.5 Å². The van der Waals surface area contributed by atoms with Crippen LogP contribution in [0.25, 0.3) is 0 Å². The zero-order chi connectivity index (χ0) is 13.1. The SMILES string of the molecule is O=C(NCCc1ncn[nH]1)C1COc2ccccc21. The number of benzene rings is 1. The van der Waals surface area contributed by atoms with E-state index in [0.29, 0.717) is 19.6 Å². The van der Waals surface area contributed by atoms with E-state index in [1.165, 1.54) is 6.33 Å². The van der Waals surface area contributed by atoms with Gasteiger partial charge in [-0.25, -0.2) is 4.98 Å². The van der Waals surface area contributed by atoms with Crippen molar-refractivity contribution >= 4 is 5.91 Å². The van der Waals surface area contributed by atoms with Crippen LogP contribution in [0.1, 0.15) is 17.3 Å². The molecule has 1 unspecified atom stereocenters. The van der Waals surface area contributed by atoms with E-state index in [-0.39, 0.29) is 11.8 Å². The van der Waals surface area contributed by atoms with Gasteiger partial charge >= 0.3 is 0 Å². The Morgan fingerprint density at radius 3 is 3.21 bits per heavy atom. The third-order valence-corrected chi connectivity index (χ3v) is 3.14. The number of H-pyrrole nitrogens is 1.